The van der Waals surface area contributed by atoms with E-state index in [1.807, 2.05) is 0 Å². The molecular formula is C44H73NO9. The molecule has 4 rings (SSSR count). The molecule has 308 valence electrons. The molecule has 10 nitrogen and oxygen atoms in total. The van der Waals surface area contributed by atoms with Gasteiger partial charge in [-0.2, -0.15) is 0 Å². The fraction of sp³-hybridized carbons (Fsp3) is 0.841. The summed E-state index contributed by atoms with van der Waals surface area (Å²) in [4.78, 5) is 38.9. The van der Waals surface area contributed by atoms with Crippen LogP contribution in [0.4, 0.5) is 0 Å². The Morgan fingerprint density at radius 2 is 1.54 bits per heavy atom. The highest BCUT2D eigenvalue weighted by Crippen LogP contribution is 2.66. The van der Waals surface area contributed by atoms with Crippen LogP contribution in [0.3, 0.4) is 0 Å². The van der Waals surface area contributed by atoms with E-state index in [1.165, 1.54) is 50.5 Å². The topological polar surface area (TPSA) is 119 Å². The molecule has 54 heavy (non-hydrogen) atoms. The van der Waals surface area contributed by atoms with E-state index in [4.69, 9.17) is 28.4 Å². The van der Waals surface area contributed by atoms with Gasteiger partial charge in [-0.25, -0.2) is 0 Å². The maximum atomic E-state index is 13.7. The zero-order chi connectivity index (χ0) is 39.1. The lowest BCUT2D eigenvalue weighted by Crippen LogP contribution is -2.47. The van der Waals surface area contributed by atoms with Crippen LogP contribution in [0.5, 0.6) is 0 Å². The summed E-state index contributed by atoms with van der Waals surface area (Å²) in [5.41, 5.74) is 3.55. The summed E-state index contributed by atoms with van der Waals surface area (Å²) in [6.45, 7) is 14.9. The van der Waals surface area contributed by atoms with Gasteiger partial charge < -0.3 is 33.7 Å². The molecule has 1 amide bonds. The normalized spacial score (nSPS) is 28.6. The minimum absolute atomic E-state index is 0.0847. The Morgan fingerprint density at radius 1 is 0.815 bits per heavy atom. The monoisotopic (exact) mass is 760 g/mol. The number of esters is 2. The molecule has 0 spiro atoms. The van der Waals surface area contributed by atoms with Gasteiger partial charge in [0, 0.05) is 33.6 Å². The second-order valence-electron chi connectivity index (χ2n) is 17.4. The molecule has 4 aliphatic rings. The van der Waals surface area contributed by atoms with Crippen molar-refractivity contribution in [2.75, 3.05) is 67.0 Å². The number of allylic oxidation sites excluding steroid dienone is 3. The van der Waals surface area contributed by atoms with Crippen LogP contribution < -0.4 is 5.32 Å². The molecule has 4 unspecified atom stereocenters. The second-order valence-corrected chi connectivity index (χ2v) is 17.4. The second kappa shape index (κ2) is 21.9. The summed E-state index contributed by atoms with van der Waals surface area (Å²) in [5.74, 6) is 1.78. The maximum Gasteiger partial charge on any atom is 0.309 e. The van der Waals surface area contributed by atoms with Crippen molar-refractivity contribution < 1.29 is 42.8 Å². The maximum absolute atomic E-state index is 13.7. The summed E-state index contributed by atoms with van der Waals surface area (Å²) >= 11 is 0. The number of amides is 1. The van der Waals surface area contributed by atoms with E-state index in [2.05, 4.69) is 52.1 Å². The van der Waals surface area contributed by atoms with Crippen molar-refractivity contribution in [2.24, 2.45) is 46.3 Å². The Hall–Kier alpha value is -2.27. The summed E-state index contributed by atoms with van der Waals surface area (Å²) < 4.78 is 32.3. The third kappa shape index (κ3) is 12.1. The van der Waals surface area contributed by atoms with Crippen LogP contribution in [0, 0.1) is 46.3 Å². The van der Waals surface area contributed by atoms with Gasteiger partial charge in [-0.15, -0.1) is 0 Å². The number of methoxy groups -OCH3 is 2. The highest BCUT2D eigenvalue weighted by atomic mass is 16.6. The molecule has 10 heteroatoms. The van der Waals surface area contributed by atoms with E-state index in [0.717, 1.165) is 37.0 Å². The predicted molar refractivity (Wildman–Crippen MR) is 210 cm³/mol. The zero-order valence-corrected chi connectivity index (χ0v) is 34.7. The number of fused-ring (bicyclic) bond motifs is 5. The number of carbonyl (C=O) groups is 3. The SMILES string of the molecule is COCCOCCOC(=O)CC(CCNC(=O)CCOCCOC)C(=O)O[C@H]1CC[C@@]2(C)C(=CC=C3C4CCC([C@H](C)CCCC(C)C)[C@@]4(C)CCC32)C1. The molecule has 0 saturated heterocycles. The Morgan fingerprint density at radius 3 is 2.26 bits per heavy atom. The van der Waals surface area contributed by atoms with Crippen molar-refractivity contribution in [3.8, 4) is 0 Å². The van der Waals surface area contributed by atoms with E-state index in [1.54, 1.807) is 19.8 Å². The van der Waals surface area contributed by atoms with Crippen molar-refractivity contribution in [3.05, 3.63) is 23.3 Å². The van der Waals surface area contributed by atoms with E-state index in [9.17, 15) is 14.4 Å². The lowest BCUT2D eigenvalue weighted by Gasteiger charge is -2.55. The third-order valence-corrected chi connectivity index (χ3v) is 13.4. The first-order valence-electron chi connectivity index (χ1n) is 21.1. The summed E-state index contributed by atoms with van der Waals surface area (Å²) in [6.07, 6.45) is 16.7. The molecule has 4 aliphatic carbocycles. The number of carbonyl (C=O) groups excluding carboxylic acids is 3. The molecule has 3 fully saturated rings. The van der Waals surface area contributed by atoms with Crippen molar-refractivity contribution in [3.63, 3.8) is 0 Å². The molecule has 8 atom stereocenters. The van der Waals surface area contributed by atoms with Gasteiger partial charge in [-0.05, 0) is 85.4 Å². The molecule has 0 heterocycles. The Bertz CT molecular complexity index is 1260. The van der Waals surface area contributed by atoms with Gasteiger partial charge in [-0.3, -0.25) is 14.4 Å². The summed E-state index contributed by atoms with van der Waals surface area (Å²) in [7, 11) is 3.19. The fourth-order valence-electron chi connectivity index (χ4n) is 10.3. The zero-order valence-electron chi connectivity index (χ0n) is 34.7. The molecule has 0 aromatic heterocycles. The van der Waals surface area contributed by atoms with Crippen molar-refractivity contribution >= 4 is 17.8 Å². The van der Waals surface area contributed by atoms with E-state index in [-0.39, 0.29) is 63.1 Å². The van der Waals surface area contributed by atoms with Gasteiger partial charge in [0.25, 0.3) is 0 Å². The van der Waals surface area contributed by atoms with Crippen LogP contribution in [0.2, 0.25) is 0 Å². The third-order valence-electron chi connectivity index (χ3n) is 13.4. The highest BCUT2D eigenvalue weighted by Gasteiger charge is 2.57. The molecular weight excluding hydrogens is 686 g/mol. The number of nitrogens with one attached hydrogen (secondary N) is 1. The van der Waals surface area contributed by atoms with Gasteiger partial charge in [0.05, 0.1) is 52.0 Å². The number of rotatable bonds is 24. The standard InChI is InChI=1S/C44H73NO9/c1-31(2)9-8-10-32(3)37-13-14-38-36-12-11-34-30-35(15-19-43(34,4)39(36)16-20-44(37,38)5)54-42(48)33(29-41(47)53-28-27-52-26-24-50-7)17-21-45-40(46)18-22-51-25-23-49-6/h11-12,31-33,35,37-39H,8-10,13-30H2,1-7H3,(H,45,46)/t32-,33?,35+,37?,38?,39?,43+,44-/m1/s1. The van der Waals surface area contributed by atoms with Crippen LogP contribution in [0.25, 0.3) is 0 Å². The smallest absolute Gasteiger partial charge is 0.309 e. The lowest BCUT2D eigenvalue weighted by atomic mass is 9.50. The highest BCUT2D eigenvalue weighted by molar-refractivity contribution is 5.80. The lowest BCUT2D eigenvalue weighted by molar-refractivity contribution is -0.161. The molecule has 3 saturated carbocycles. The first-order chi connectivity index (χ1) is 25.9. The van der Waals surface area contributed by atoms with E-state index >= 15 is 0 Å². The van der Waals surface area contributed by atoms with Gasteiger partial charge in [0.15, 0.2) is 0 Å². The largest absolute Gasteiger partial charge is 0.463 e. The average molecular weight is 760 g/mol. The first-order valence-corrected chi connectivity index (χ1v) is 21.1. The minimum Gasteiger partial charge on any atom is -0.463 e. The molecule has 0 bridgehead atoms. The molecule has 0 radical (unpaired) electrons. The molecule has 0 aliphatic heterocycles. The van der Waals surface area contributed by atoms with Gasteiger partial charge in [-0.1, -0.05) is 77.2 Å². The number of ether oxygens (including phenoxy) is 6. The molecule has 0 aromatic rings. The first kappa shape index (κ1) is 44.4. The van der Waals surface area contributed by atoms with Crippen LogP contribution in [-0.2, 0) is 42.8 Å². The predicted octanol–water partition coefficient (Wildman–Crippen LogP) is 7.63. The van der Waals surface area contributed by atoms with E-state index < -0.39 is 17.9 Å². The quantitative estimate of drug-likeness (QED) is 0.0783. The Balaban J connectivity index is 1.35. The van der Waals surface area contributed by atoms with Crippen LogP contribution in [0.15, 0.2) is 23.3 Å². The fourth-order valence-corrected chi connectivity index (χ4v) is 10.3. The van der Waals surface area contributed by atoms with Gasteiger partial charge in [0.1, 0.15) is 12.7 Å². The molecule has 1 N–H and O–H groups in total. The van der Waals surface area contributed by atoms with Crippen LogP contribution >= 0.6 is 0 Å². The number of hydrogen-bond acceptors (Lipinski definition) is 9. The van der Waals surface area contributed by atoms with E-state index in [0.29, 0.717) is 43.7 Å². The van der Waals surface area contributed by atoms with Crippen LogP contribution in [0.1, 0.15) is 118 Å². The van der Waals surface area contributed by atoms with Gasteiger partial charge in [0.2, 0.25) is 5.91 Å². The van der Waals surface area contributed by atoms with Crippen LogP contribution in [-0.4, -0.2) is 91.0 Å². The summed E-state index contributed by atoms with van der Waals surface area (Å²) in [5, 5.41) is 2.86. The Kier molecular flexibility index (Phi) is 18.0. The van der Waals surface area contributed by atoms with Crippen molar-refractivity contribution in [2.45, 2.75) is 124 Å². The van der Waals surface area contributed by atoms with Crippen molar-refractivity contribution in [1.82, 2.24) is 5.32 Å². The van der Waals surface area contributed by atoms with Gasteiger partial charge >= 0.3 is 11.9 Å². The number of hydrogen-bond donors (Lipinski definition) is 1. The summed E-state index contributed by atoms with van der Waals surface area (Å²) in [6, 6.07) is 0. The minimum atomic E-state index is -0.732. The Labute approximate surface area is 326 Å². The average Bonchev–Trinajstić information content (AvgIpc) is 3.50. The van der Waals surface area contributed by atoms with Crippen molar-refractivity contribution in [1.29, 1.82) is 0 Å². The molecule has 0 aromatic carbocycles.